The number of carbonyl (C=O) groups excluding carboxylic acids is 1. The van der Waals surface area contributed by atoms with E-state index in [2.05, 4.69) is 10.4 Å². The molecule has 1 aromatic heterocycles. The third-order valence-corrected chi connectivity index (χ3v) is 4.84. The van der Waals surface area contributed by atoms with Crippen LogP contribution in [0.2, 0.25) is 5.02 Å². The van der Waals surface area contributed by atoms with Gasteiger partial charge in [-0.1, -0.05) is 30.9 Å². The summed E-state index contributed by atoms with van der Waals surface area (Å²) in [6.45, 7) is 0. The van der Waals surface area contributed by atoms with Crippen LogP contribution in [-0.2, 0) is 4.79 Å². The van der Waals surface area contributed by atoms with Crippen LogP contribution in [0, 0.1) is 5.92 Å². The van der Waals surface area contributed by atoms with Gasteiger partial charge in [0.2, 0.25) is 0 Å². The Morgan fingerprint density at radius 2 is 1.88 bits per heavy atom. The largest absolute Gasteiger partial charge is 0.481 e. The molecule has 1 aliphatic carbocycles. The van der Waals surface area contributed by atoms with Crippen molar-refractivity contribution in [2.45, 2.75) is 38.1 Å². The number of nitrogens with one attached hydrogen (secondary N) is 1. The first-order valence-corrected chi connectivity index (χ1v) is 8.76. The molecule has 132 valence electrons. The van der Waals surface area contributed by atoms with E-state index >= 15 is 0 Å². The van der Waals surface area contributed by atoms with Crippen molar-refractivity contribution in [1.82, 2.24) is 15.1 Å². The van der Waals surface area contributed by atoms with Crippen LogP contribution in [0.3, 0.4) is 0 Å². The van der Waals surface area contributed by atoms with Gasteiger partial charge < -0.3 is 10.4 Å². The average Bonchev–Trinajstić information content (AvgIpc) is 2.96. The minimum atomic E-state index is -0.843. The highest BCUT2D eigenvalue weighted by Crippen LogP contribution is 2.24. The lowest BCUT2D eigenvalue weighted by atomic mass is 9.94. The molecule has 2 N–H and O–H groups in total. The Morgan fingerprint density at radius 1 is 1.16 bits per heavy atom. The third kappa shape index (κ3) is 4.20. The van der Waals surface area contributed by atoms with Crippen LogP contribution in [0.4, 0.5) is 0 Å². The molecule has 1 amide bonds. The molecule has 0 aliphatic heterocycles. The summed E-state index contributed by atoms with van der Waals surface area (Å²) in [4.78, 5) is 24.0. The van der Waals surface area contributed by atoms with Crippen LogP contribution in [0.1, 0.15) is 42.5 Å². The monoisotopic (exact) mass is 361 g/mol. The van der Waals surface area contributed by atoms with Crippen molar-refractivity contribution in [3.63, 3.8) is 0 Å². The summed E-state index contributed by atoms with van der Waals surface area (Å²) in [5.74, 6) is -1.67. The van der Waals surface area contributed by atoms with Gasteiger partial charge in [0.15, 0.2) is 0 Å². The van der Waals surface area contributed by atoms with E-state index in [1.165, 1.54) is 6.20 Å². The minimum Gasteiger partial charge on any atom is -0.481 e. The van der Waals surface area contributed by atoms with Gasteiger partial charge in [-0.25, -0.2) is 4.68 Å². The molecule has 1 fully saturated rings. The fraction of sp³-hybridized carbons (Fsp3) is 0.389. The number of benzene rings is 1. The van der Waals surface area contributed by atoms with E-state index < -0.39 is 11.9 Å². The predicted molar refractivity (Wildman–Crippen MR) is 94.0 cm³/mol. The number of halogens is 1. The molecule has 2 atom stereocenters. The molecule has 1 heterocycles. The first-order valence-electron chi connectivity index (χ1n) is 8.39. The van der Waals surface area contributed by atoms with Gasteiger partial charge in [0, 0.05) is 17.3 Å². The average molecular weight is 362 g/mol. The van der Waals surface area contributed by atoms with Crippen molar-refractivity contribution in [3.05, 3.63) is 47.2 Å². The number of amides is 1. The smallest absolute Gasteiger partial charge is 0.308 e. The molecule has 1 saturated carbocycles. The minimum absolute atomic E-state index is 0.293. The molecule has 6 nitrogen and oxygen atoms in total. The van der Waals surface area contributed by atoms with E-state index in [0.717, 1.165) is 24.9 Å². The van der Waals surface area contributed by atoms with Crippen LogP contribution in [0.15, 0.2) is 36.7 Å². The predicted octanol–water partition coefficient (Wildman–Crippen LogP) is 3.29. The summed E-state index contributed by atoms with van der Waals surface area (Å²) >= 11 is 5.87. The van der Waals surface area contributed by atoms with Gasteiger partial charge in [-0.05, 0) is 37.1 Å². The molecular weight excluding hydrogens is 342 g/mol. The van der Waals surface area contributed by atoms with E-state index in [9.17, 15) is 14.7 Å². The van der Waals surface area contributed by atoms with Crippen LogP contribution in [-0.4, -0.2) is 32.8 Å². The molecule has 0 spiro atoms. The number of hydrogen-bond acceptors (Lipinski definition) is 3. The quantitative estimate of drug-likeness (QED) is 0.818. The number of aliphatic carboxylic acids is 1. The molecule has 0 radical (unpaired) electrons. The molecule has 3 rings (SSSR count). The van der Waals surface area contributed by atoms with Gasteiger partial charge in [-0.15, -0.1) is 0 Å². The van der Waals surface area contributed by atoms with E-state index in [1.54, 1.807) is 23.0 Å². The molecule has 7 heteroatoms. The summed E-state index contributed by atoms with van der Waals surface area (Å²) in [6.07, 6.45) is 7.22. The summed E-state index contributed by atoms with van der Waals surface area (Å²) in [5, 5.41) is 17.1. The fourth-order valence-electron chi connectivity index (χ4n) is 3.20. The summed E-state index contributed by atoms with van der Waals surface area (Å²) < 4.78 is 1.59. The van der Waals surface area contributed by atoms with Gasteiger partial charge in [-0.3, -0.25) is 9.59 Å². The number of hydrogen-bond donors (Lipinski definition) is 2. The molecule has 25 heavy (non-hydrogen) atoms. The fourth-order valence-corrected chi connectivity index (χ4v) is 3.33. The van der Waals surface area contributed by atoms with E-state index in [-0.39, 0.29) is 11.9 Å². The maximum atomic E-state index is 12.5. The lowest BCUT2D eigenvalue weighted by Crippen LogP contribution is -2.42. The Labute approximate surface area is 150 Å². The van der Waals surface area contributed by atoms with Crippen molar-refractivity contribution < 1.29 is 14.7 Å². The normalized spacial score (nSPS) is 20.7. The zero-order valence-electron chi connectivity index (χ0n) is 13.7. The van der Waals surface area contributed by atoms with Crippen molar-refractivity contribution >= 4 is 23.5 Å². The maximum absolute atomic E-state index is 12.5. The van der Waals surface area contributed by atoms with Gasteiger partial charge in [0.25, 0.3) is 5.91 Å². The number of nitrogens with zero attached hydrogens (tertiary/aromatic N) is 2. The van der Waals surface area contributed by atoms with Gasteiger partial charge >= 0.3 is 5.97 Å². The second-order valence-corrected chi connectivity index (χ2v) is 6.75. The van der Waals surface area contributed by atoms with E-state index in [1.807, 2.05) is 12.1 Å². The molecular formula is C18H20ClN3O3. The second-order valence-electron chi connectivity index (χ2n) is 6.31. The van der Waals surface area contributed by atoms with Gasteiger partial charge in [0.05, 0.1) is 23.4 Å². The van der Waals surface area contributed by atoms with Crippen LogP contribution in [0.25, 0.3) is 5.69 Å². The Hall–Kier alpha value is -2.34. The summed E-state index contributed by atoms with van der Waals surface area (Å²) in [7, 11) is 0. The van der Waals surface area contributed by atoms with E-state index in [0.29, 0.717) is 23.4 Å². The first-order chi connectivity index (χ1) is 12.0. The summed E-state index contributed by atoms with van der Waals surface area (Å²) in [6, 6.07) is 6.78. The van der Waals surface area contributed by atoms with Gasteiger partial charge in [0.1, 0.15) is 0 Å². The zero-order chi connectivity index (χ0) is 17.8. The summed E-state index contributed by atoms with van der Waals surface area (Å²) in [5.41, 5.74) is 1.20. The maximum Gasteiger partial charge on any atom is 0.308 e. The van der Waals surface area contributed by atoms with Crippen molar-refractivity contribution in [2.24, 2.45) is 5.92 Å². The molecule has 1 aromatic carbocycles. The topological polar surface area (TPSA) is 84.2 Å². The standard InChI is InChI=1S/C18H20ClN3O3/c19-13-6-8-14(9-7-13)22-11-12(10-20-22)17(23)21-16-5-3-1-2-4-15(16)18(24)25/h6-11,15-16H,1-5H2,(H,21,23)(H,24,25)/t15-,16+/m1/s1. The van der Waals surface area contributed by atoms with Crippen LogP contribution in [0.5, 0.6) is 0 Å². The van der Waals surface area contributed by atoms with Crippen LogP contribution < -0.4 is 5.32 Å². The zero-order valence-corrected chi connectivity index (χ0v) is 14.4. The Bertz CT molecular complexity index is 757. The Balaban J connectivity index is 1.72. The highest BCUT2D eigenvalue weighted by atomic mass is 35.5. The number of aromatic nitrogens is 2. The number of rotatable bonds is 4. The number of carboxylic acids is 1. The molecule has 0 unspecified atom stereocenters. The molecule has 2 aromatic rings. The highest BCUT2D eigenvalue weighted by Gasteiger charge is 2.31. The van der Waals surface area contributed by atoms with E-state index in [4.69, 9.17) is 11.6 Å². The second kappa shape index (κ2) is 7.70. The molecule has 1 aliphatic rings. The number of carbonyl (C=O) groups is 2. The van der Waals surface area contributed by atoms with Crippen molar-refractivity contribution in [3.8, 4) is 5.69 Å². The SMILES string of the molecule is O=C(N[C@H]1CCCCC[C@H]1C(=O)O)c1cnn(-c2ccc(Cl)cc2)c1. The highest BCUT2D eigenvalue weighted by molar-refractivity contribution is 6.30. The first kappa shape index (κ1) is 17.5. The van der Waals surface area contributed by atoms with Gasteiger partial charge in [-0.2, -0.15) is 5.10 Å². The lowest BCUT2D eigenvalue weighted by molar-refractivity contribution is -0.142. The van der Waals surface area contributed by atoms with Crippen molar-refractivity contribution in [1.29, 1.82) is 0 Å². The third-order valence-electron chi connectivity index (χ3n) is 4.59. The Kier molecular flexibility index (Phi) is 5.38. The number of carboxylic acid groups (broad SMARTS) is 1. The molecule has 0 saturated heterocycles. The molecule has 0 bridgehead atoms. The van der Waals surface area contributed by atoms with Crippen molar-refractivity contribution in [2.75, 3.05) is 0 Å². The lowest BCUT2D eigenvalue weighted by Gasteiger charge is -2.22. The Morgan fingerprint density at radius 3 is 2.60 bits per heavy atom. The van der Waals surface area contributed by atoms with Crippen LogP contribution >= 0.6 is 11.6 Å².